The topological polar surface area (TPSA) is 128 Å². The van der Waals surface area contributed by atoms with Crippen LogP contribution < -0.4 is 5.73 Å². The highest BCUT2D eigenvalue weighted by atomic mass is 32.3. The van der Waals surface area contributed by atoms with Gasteiger partial charge >= 0.3 is 16.4 Å². The van der Waals surface area contributed by atoms with Gasteiger partial charge < -0.3 is 15.4 Å². The lowest BCUT2D eigenvalue weighted by atomic mass is 9.68. The van der Waals surface area contributed by atoms with E-state index < -0.39 is 39.8 Å². The highest BCUT2D eigenvalue weighted by molar-refractivity contribution is 7.81. The van der Waals surface area contributed by atoms with Crippen LogP contribution in [0.25, 0.3) is 0 Å². The summed E-state index contributed by atoms with van der Waals surface area (Å²) in [6.07, 6.45) is 3.12. The Kier molecular flexibility index (Phi) is 5.37. The van der Waals surface area contributed by atoms with E-state index >= 15 is 0 Å². The van der Waals surface area contributed by atoms with E-state index in [9.17, 15) is 18.0 Å². The Morgan fingerprint density at radius 2 is 2.07 bits per heavy atom. The van der Waals surface area contributed by atoms with Gasteiger partial charge in [0, 0.05) is 6.54 Å². The quantitative estimate of drug-likeness (QED) is 0.560. The molecule has 0 aromatic rings. The van der Waals surface area contributed by atoms with Crippen LogP contribution >= 0.6 is 0 Å². The Morgan fingerprint density at radius 3 is 2.63 bits per heavy atom. The van der Waals surface area contributed by atoms with Gasteiger partial charge in [-0.2, -0.15) is 13.5 Å². The van der Waals surface area contributed by atoms with Crippen molar-refractivity contribution in [2.24, 2.45) is 11.1 Å². The molecular formula is C16H25N3O7S. The van der Waals surface area contributed by atoms with Crippen molar-refractivity contribution in [1.82, 2.24) is 9.96 Å². The second-order valence-electron chi connectivity index (χ2n) is 7.15. The van der Waals surface area contributed by atoms with Gasteiger partial charge in [-0.05, 0) is 32.6 Å². The number of piperidine rings is 1. The lowest BCUT2D eigenvalue weighted by Gasteiger charge is -2.41. The van der Waals surface area contributed by atoms with Gasteiger partial charge in [0.1, 0.15) is 6.04 Å². The number of primary amides is 1. The number of amides is 3. The first-order chi connectivity index (χ1) is 12.7. The molecule has 3 aliphatic rings. The number of rotatable bonds is 9. The summed E-state index contributed by atoms with van der Waals surface area (Å²) in [5.74, 6) is -0.126. The number of fused-ring (bicyclic) bond motifs is 2. The average Bonchev–Trinajstić information content (AvgIpc) is 2.78. The van der Waals surface area contributed by atoms with Crippen molar-refractivity contribution < 1.29 is 31.2 Å². The summed E-state index contributed by atoms with van der Waals surface area (Å²) in [5, 5.41) is 0.767. The van der Waals surface area contributed by atoms with Gasteiger partial charge in [-0.15, -0.1) is 4.28 Å². The maximum Gasteiger partial charge on any atom is 0.421 e. The molecule has 1 saturated carbocycles. The minimum absolute atomic E-state index is 0.158. The zero-order valence-corrected chi connectivity index (χ0v) is 16.1. The molecule has 3 fully saturated rings. The number of carbonyl (C=O) groups excluding carboxylic acids is 2. The van der Waals surface area contributed by atoms with E-state index in [4.69, 9.17) is 18.9 Å². The number of nitrogens with zero attached hydrogens (tertiary/aromatic N) is 2. The average molecular weight is 403 g/mol. The molecule has 3 rings (SSSR count). The number of ether oxygens (including phenoxy) is 1. The molecule has 27 heavy (non-hydrogen) atoms. The van der Waals surface area contributed by atoms with Gasteiger partial charge in [-0.25, -0.2) is 8.98 Å². The van der Waals surface area contributed by atoms with Crippen molar-refractivity contribution >= 4 is 22.3 Å². The molecule has 0 radical (unpaired) electrons. The summed E-state index contributed by atoms with van der Waals surface area (Å²) in [4.78, 5) is 25.1. The molecule has 0 spiro atoms. The Hall–Kier alpha value is -1.85. The summed E-state index contributed by atoms with van der Waals surface area (Å²) in [6.45, 7) is 6.16. The first-order valence-electron chi connectivity index (χ1n) is 8.99. The molecule has 152 valence electrons. The molecule has 2 aliphatic heterocycles. The van der Waals surface area contributed by atoms with Crippen molar-refractivity contribution in [2.75, 3.05) is 19.8 Å². The number of nitrogens with two attached hydrogens (primary N) is 1. The van der Waals surface area contributed by atoms with Crippen molar-refractivity contribution in [3.8, 4) is 0 Å². The standard InChI is InChI=1S/C16H25N3O7S/c1-3-24-11(2)16(7-4-8-16)10-25-27(22,23)26-19-12-5-6-13(14(17)20)18(9-12)15(19)21/h12-13H,2-10H2,1H3,(H2,17,20)/t12-,13+/m1/s1. The van der Waals surface area contributed by atoms with Gasteiger partial charge in [-0.1, -0.05) is 13.0 Å². The highest BCUT2D eigenvalue weighted by Crippen LogP contribution is 2.47. The van der Waals surface area contributed by atoms with Gasteiger partial charge in [0.25, 0.3) is 0 Å². The molecule has 0 aromatic carbocycles. The Bertz CT molecular complexity index is 734. The molecule has 2 atom stereocenters. The van der Waals surface area contributed by atoms with Gasteiger partial charge in [0.05, 0.1) is 30.4 Å². The van der Waals surface area contributed by atoms with E-state index in [2.05, 4.69) is 6.58 Å². The van der Waals surface area contributed by atoms with E-state index in [-0.39, 0.29) is 13.2 Å². The molecular weight excluding hydrogens is 378 g/mol. The molecule has 0 unspecified atom stereocenters. The Balaban J connectivity index is 1.63. The predicted octanol–water partition coefficient (Wildman–Crippen LogP) is 0.654. The fraction of sp³-hybridized carbons (Fsp3) is 0.750. The highest BCUT2D eigenvalue weighted by Gasteiger charge is 2.49. The Labute approximate surface area is 158 Å². The maximum atomic E-state index is 12.4. The van der Waals surface area contributed by atoms with E-state index in [0.29, 0.717) is 38.0 Å². The van der Waals surface area contributed by atoms with Crippen LogP contribution in [0.3, 0.4) is 0 Å². The van der Waals surface area contributed by atoms with Crippen molar-refractivity contribution in [1.29, 1.82) is 0 Å². The molecule has 0 aromatic heterocycles. The lowest BCUT2D eigenvalue weighted by Crippen LogP contribution is -2.47. The van der Waals surface area contributed by atoms with Crippen LogP contribution in [-0.4, -0.2) is 62.2 Å². The summed E-state index contributed by atoms with van der Waals surface area (Å²) in [5.41, 5.74) is 4.74. The molecule has 11 heteroatoms. The first kappa shape index (κ1) is 19.9. The van der Waals surface area contributed by atoms with Crippen LogP contribution in [0.2, 0.25) is 0 Å². The van der Waals surface area contributed by atoms with Crippen LogP contribution in [0.5, 0.6) is 0 Å². The molecule has 2 heterocycles. The number of hydrogen-bond donors (Lipinski definition) is 1. The van der Waals surface area contributed by atoms with E-state index in [0.717, 1.165) is 11.5 Å². The first-order valence-corrected chi connectivity index (χ1v) is 10.3. The van der Waals surface area contributed by atoms with Crippen molar-refractivity contribution in [3.05, 3.63) is 12.3 Å². The number of hydrogen-bond acceptors (Lipinski definition) is 7. The van der Waals surface area contributed by atoms with Crippen LogP contribution in [0.1, 0.15) is 39.0 Å². The van der Waals surface area contributed by atoms with Crippen LogP contribution in [0.4, 0.5) is 4.79 Å². The fourth-order valence-electron chi connectivity index (χ4n) is 3.77. The molecule has 1 aliphatic carbocycles. The van der Waals surface area contributed by atoms with Gasteiger partial charge in [-0.3, -0.25) is 4.79 Å². The zero-order valence-electron chi connectivity index (χ0n) is 15.3. The molecule has 3 amide bonds. The minimum atomic E-state index is -4.47. The third-order valence-electron chi connectivity index (χ3n) is 5.52. The summed E-state index contributed by atoms with van der Waals surface area (Å²) in [6, 6.07) is -1.92. The maximum absolute atomic E-state index is 12.4. The van der Waals surface area contributed by atoms with Crippen molar-refractivity contribution in [2.45, 2.75) is 51.1 Å². The van der Waals surface area contributed by atoms with Gasteiger partial charge in [0.2, 0.25) is 5.91 Å². The normalized spacial score (nSPS) is 26.6. The lowest BCUT2D eigenvalue weighted by molar-refractivity contribution is -0.122. The molecule has 2 bridgehead atoms. The number of carbonyl (C=O) groups is 2. The second kappa shape index (κ2) is 7.28. The summed E-state index contributed by atoms with van der Waals surface area (Å²) < 4.78 is 40.0. The van der Waals surface area contributed by atoms with E-state index in [1.807, 2.05) is 6.92 Å². The third-order valence-corrected chi connectivity index (χ3v) is 6.27. The molecule has 10 nitrogen and oxygen atoms in total. The minimum Gasteiger partial charge on any atom is -0.498 e. The summed E-state index contributed by atoms with van der Waals surface area (Å²) >= 11 is 0. The summed E-state index contributed by atoms with van der Waals surface area (Å²) in [7, 11) is -4.47. The largest absolute Gasteiger partial charge is 0.498 e. The smallest absolute Gasteiger partial charge is 0.421 e. The van der Waals surface area contributed by atoms with Crippen molar-refractivity contribution in [3.63, 3.8) is 0 Å². The zero-order chi connectivity index (χ0) is 19.8. The Morgan fingerprint density at radius 1 is 1.37 bits per heavy atom. The fourth-order valence-corrected chi connectivity index (χ4v) is 4.56. The van der Waals surface area contributed by atoms with Crippen LogP contribution in [-0.2, 0) is 28.4 Å². The number of hydroxylamine groups is 2. The third kappa shape index (κ3) is 3.76. The molecule has 2 saturated heterocycles. The van der Waals surface area contributed by atoms with Gasteiger partial charge in [0.15, 0.2) is 0 Å². The predicted molar refractivity (Wildman–Crippen MR) is 93.0 cm³/mol. The van der Waals surface area contributed by atoms with E-state index in [1.165, 1.54) is 4.90 Å². The van der Waals surface area contributed by atoms with E-state index in [1.54, 1.807) is 0 Å². The number of urea groups is 1. The monoisotopic (exact) mass is 403 g/mol. The van der Waals surface area contributed by atoms with Crippen LogP contribution in [0, 0.1) is 5.41 Å². The second-order valence-corrected chi connectivity index (χ2v) is 8.35. The van der Waals surface area contributed by atoms with Crippen LogP contribution in [0.15, 0.2) is 12.3 Å². The SMILES string of the molecule is C=C(OCC)C1(COS(=O)(=O)ON2C(=O)N3C[C@H]2CC[C@H]3C(N)=O)CCC1. The molecule has 2 N–H and O–H groups in total.